The van der Waals surface area contributed by atoms with E-state index in [1.54, 1.807) is 6.20 Å². The van der Waals surface area contributed by atoms with Crippen LogP contribution >= 0.6 is 11.6 Å². The van der Waals surface area contributed by atoms with Gasteiger partial charge in [0.05, 0.1) is 10.7 Å². The highest BCUT2D eigenvalue weighted by Gasteiger charge is 2.06. The smallest absolute Gasteiger partial charge is 0.0677 e. The van der Waals surface area contributed by atoms with Gasteiger partial charge in [-0.1, -0.05) is 11.6 Å². The van der Waals surface area contributed by atoms with Gasteiger partial charge in [0.15, 0.2) is 0 Å². The van der Waals surface area contributed by atoms with Crippen molar-refractivity contribution in [2.45, 2.75) is 12.8 Å². The minimum absolute atomic E-state index is 0.688. The molecule has 0 aromatic carbocycles. The fraction of sp³-hybridized carbons (Fsp3) is 0.300. The van der Waals surface area contributed by atoms with Crippen LogP contribution < -0.4 is 5.32 Å². The molecule has 3 heteroatoms. The molecule has 0 aliphatic carbocycles. The predicted molar refractivity (Wildman–Crippen MR) is 54.5 cm³/mol. The molecule has 0 saturated carbocycles. The van der Waals surface area contributed by atoms with Gasteiger partial charge in [-0.05, 0) is 30.5 Å². The number of halogens is 1. The normalized spacial score (nSPS) is 16.2. The summed E-state index contributed by atoms with van der Waals surface area (Å²) in [5.41, 5.74) is 2.29. The van der Waals surface area contributed by atoms with Gasteiger partial charge in [0.2, 0.25) is 0 Å². The fourth-order valence-corrected chi connectivity index (χ4v) is 1.53. The molecule has 2 heterocycles. The molecule has 0 amide bonds. The maximum atomic E-state index is 5.75. The van der Waals surface area contributed by atoms with E-state index in [9.17, 15) is 0 Å². The molecule has 0 unspecified atom stereocenters. The second-order valence-electron chi connectivity index (χ2n) is 3.09. The van der Waals surface area contributed by atoms with E-state index < -0.39 is 0 Å². The summed E-state index contributed by atoms with van der Waals surface area (Å²) in [7, 11) is 0. The third-order valence-electron chi connectivity index (χ3n) is 2.10. The van der Waals surface area contributed by atoms with Crippen molar-refractivity contribution in [3.8, 4) is 0 Å². The van der Waals surface area contributed by atoms with Gasteiger partial charge in [-0.15, -0.1) is 0 Å². The number of rotatable bonds is 1. The predicted octanol–water partition coefficient (Wildman–Crippen LogP) is 2.46. The molecule has 0 atom stereocenters. The summed E-state index contributed by atoms with van der Waals surface area (Å²) in [6.07, 6.45) is 6.00. The molecule has 68 valence electrons. The second-order valence-corrected chi connectivity index (χ2v) is 3.53. The number of allylic oxidation sites excluding steroid dienone is 1. The first-order valence-corrected chi connectivity index (χ1v) is 4.78. The molecule has 1 aliphatic heterocycles. The van der Waals surface area contributed by atoms with Crippen molar-refractivity contribution in [3.05, 3.63) is 35.2 Å². The van der Waals surface area contributed by atoms with Gasteiger partial charge in [0.25, 0.3) is 0 Å². The zero-order chi connectivity index (χ0) is 9.10. The number of pyridine rings is 1. The first-order valence-electron chi connectivity index (χ1n) is 4.40. The molecule has 1 aromatic heterocycles. The van der Waals surface area contributed by atoms with Crippen molar-refractivity contribution in [1.29, 1.82) is 0 Å². The van der Waals surface area contributed by atoms with Gasteiger partial charge in [-0.3, -0.25) is 4.98 Å². The van der Waals surface area contributed by atoms with E-state index in [0.717, 1.165) is 18.7 Å². The van der Waals surface area contributed by atoms with Crippen LogP contribution in [0.5, 0.6) is 0 Å². The lowest BCUT2D eigenvalue weighted by Crippen LogP contribution is -2.13. The van der Waals surface area contributed by atoms with Crippen molar-refractivity contribution >= 4 is 17.2 Å². The van der Waals surface area contributed by atoms with E-state index >= 15 is 0 Å². The maximum absolute atomic E-state index is 5.75. The number of nitrogens with one attached hydrogen (secondary N) is 1. The second kappa shape index (κ2) is 3.79. The van der Waals surface area contributed by atoms with Crippen molar-refractivity contribution in [3.63, 3.8) is 0 Å². The molecule has 1 aromatic rings. The zero-order valence-electron chi connectivity index (χ0n) is 7.26. The van der Waals surface area contributed by atoms with Crippen molar-refractivity contribution in [2.24, 2.45) is 0 Å². The van der Waals surface area contributed by atoms with E-state index in [0.29, 0.717) is 5.02 Å². The van der Waals surface area contributed by atoms with Crippen LogP contribution in [-0.2, 0) is 0 Å². The molecule has 1 aliphatic rings. The average Bonchev–Trinajstić information content (AvgIpc) is 2.20. The summed E-state index contributed by atoms with van der Waals surface area (Å²) < 4.78 is 0. The monoisotopic (exact) mass is 194 g/mol. The Balaban J connectivity index is 2.24. The average molecular weight is 195 g/mol. The fourth-order valence-electron chi connectivity index (χ4n) is 1.42. The summed E-state index contributed by atoms with van der Waals surface area (Å²) in [5.74, 6) is 0. The highest BCUT2D eigenvalue weighted by Crippen LogP contribution is 2.20. The van der Waals surface area contributed by atoms with Gasteiger partial charge < -0.3 is 5.32 Å². The Labute approximate surface area is 82.6 Å². The third-order valence-corrected chi connectivity index (χ3v) is 2.32. The van der Waals surface area contributed by atoms with Gasteiger partial charge in [0, 0.05) is 18.9 Å². The minimum atomic E-state index is 0.688. The van der Waals surface area contributed by atoms with Crippen LogP contribution in [-0.4, -0.2) is 11.5 Å². The molecule has 2 rings (SSSR count). The summed E-state index contributed by atoms with van der Waals surface area (Å²) >= 11 is 5.75. The van der Waals surface area contributed by atoms with Crippen LogP contribution in [0.1, 0.15) is 18.5 Å². The SMILES string of the molecule is Clc1ccc(C2=CNCCC2)nc1. The number of aromatic nitrogens is 1. The number of nitrogens with zero attached hydrogens (tertiary/aromatic N) is 1. The van der Waals surface area contributed by atoms with E-state index in [-0.39, 0.29) is 0 Å². The Bertz CT molecular complexity index is 316. The lowest BCUT2D eigenvalue weighted by atomic mass is 10.1. The molecule has 0 bridgehead atoms. The van der Waals surface area contributed by atoms with Crippen LogP contribution in [0.2, 0.25) is 5.02 Å². The zero-order valence-corrected chi connectivity index (χ0v) is 8.01. The van der Waals surface area contributed by atoms with Crippen molar-refractivity contribution < 1.29 is 0 Å². The van der Waals surface area contributed by atoms with E-state index in [1.165, 1.54) is 12.0 Å². The highest BCUT2D eigenvalue weighted by molar-refractivity contribution is 6.30. The van der Waals surface area contributed by atoms with Crippen molar-refractivity contribution in [2.75, 3.05) is 6.54 Å². The summed E-state index contributed by atoms with van der Waals surface area (Å²) in [6.45, 7) is 1.07. The summed E-state index contributed by atoms with van der Waals surface area (Å²) in [5, 5.41) is 3.90. The largest absolute Gasteiger partial charge is 0.391 e. The standard InChI is InChI=1S/C10H11ClN2/c11-9-3-4-10(13-7-9)8-2-1-5-12-6-8/h3-4,6-7,12H,1-2,5H2. The Morgan fingerprint density at radius 1 is 1.38 bits per heavy atom. The summed E-state index contributed by atoms with van der Waals surface area (Å²) in [6, 6.07) is 3.83. The van der Waals surface area contributed by atoms with Gasteiger partial charge in [0.1, 0.15) is 0 Å². The van der Waals surface area contributed by atoms with E-state index in [1.807, 2.05) is 18.3 Å². The highest BCUT2D eigenvalue weighted by atomic mass is 35.5. The molecule has 0 radical (unpaired) electrons. The van der Waals surface area contributed by atoms with Gasteiger partial charge >= 0.3 is 0 Å². The topological polar surface area (TPSA) is 24.9 Å². The molecular weight excluding hydrogens is 184 g/mol. The molecule has 0 fully saturated rings. The van der Waals surface area contributed by atoms with Crippen LogP contribution in [0.3, 0.4) is 0 Å². The molecule has 0 spiro atoms. The molecule has 1 N–H and O–H groups in total. The lowest BCUT2D eigenvalue weighted by molar-refractivity contribution is 0.737. The Kier molecular flexibility index (Phi) is 2.50. The first-order chi connectivity index (χ1) is 6.36. The molecule has 0 saturated heterocycles. The van der Waals surface area contributed by atoms with Crippen LogP contribution in [0.15, 0.2) is 24.5 Å². The number of hydrogen-bond donors (Lipinski definition) is 1. The van der Waals surface area contributed by atoms with Gasteiger partial charge in [-0.25, -0.2) is 0 Å². The van der Waals surface area contributed by atoms with Crippen LogP contribution in [0.4, 0.5) is 0 Å². The Morgan fingerprint density at radius 2 is 2.31 bits per heavy atom. The first kappa shape index (κ1) is 8.57. The maximum Gasteiger partial charge on any atom is 0.0677 e. The molecule has 2 nitrogen and oxygen atoms in total. The van der Waals surface area contributed by atoms with Crippen molar-refractivity contribution in [1.82, 2.24) is 10.3 Å². The van der Waals surface area contributed by atoms with Crippen LogP contribution in [0, 0.1) is 0 Å². The quantitative estimate of drug-likeness (QED) is 0.743. The third kappa shape index (κ3) is 2.01. The summed E-state index contributed by atoms with van der Waals surface area (Å²) in [4.78, 5) is 4.26. The van der Waals surface area contributed by atoms with Crippen LogP contribution in [0.25, 0.3) is 5.57 Å². The Morgan fingerprint density at radius 3 is 2.92 bits per heavy atom. The van der Waals surface area contributed by atoms with E-state index in [4.69, 9.17) is 11.6 Å². The Hall–Kier alpha value is -1.02. The number of hydrogen-bond acceptors (Lipinski definition) is 2. The van der Waals surface area contributed by atoms with Gasteiger partial charge in [-0.2, -0.15) is 0 Å². The molecule has 13 heavy (non-hydrogen) atoms. The minimum Gasteiger partial charge on any atom is -0.391 e. The molecular formula is C10H11ClN2. The lowest BCUT2D eigenvalue weighted by Gasteiger charge is -2.13. The van der Waals surface area contributed by atoms with E-state index in [2.05, 4.69) is 10.3 Å².